The zero-order chi connectivity index (χ0) is 15.4. The fourth-order valence-electron chi connectivity index (χ4n) is 3.21. The standard InChI is InChI=1S/C17H24N4O/c1-13-7-8-16(20-19-13)18-15-9-11-21(12-10-15)17(22)14-5-3-2-4-6-14/h2-3,7-8,14-15H,4-6,9-12H2,1H3,(H,18,20). The molecule has 1 saturated heterocycles. The Hall–Kier alpha value is -1.91. The van der Waals surface area contributed by atoms with E-state index in [2.05, 4.69) is 27.7 Å². The van der Waals surface area contributed by atoms with Crippen LogP contribution in [-0.2, 0) is 4.79 Å². The summed E-state index contributed by atoms with van der Waals surface area (Å²) in [6.45, 7) is 3.62. The Morgan fingerprint density at radius 2 is 2.00 bits per heavy atom. The summed E-state index contributed by atoms with van der Waals surface area (Å²) >= 11 is 0. The highest BCUT2D eigenvalue weighted by molar-refractivity contribution is 5.79. The molecule has 0 bridgehead atoms. The molecule has 3 rings (SSSR count). The third kappa shape index (κ3) is 3.64. The van der Waals surface area contributed by atoms with E-state index >= 15 is 0 Å². The van der Waals surface area contributed by atoms with Crippen molar-refractivity contribution < 1.29 is 4.79 Å². The molecule has 5 nitrogen and oxygen atoms in total. The van der Waals surface area contributed by atoms with E-state index < -0.39 is 0 Å². The lowest BCUT2D eigenvalue weighted by Crippen LogP contribution is -2.45. The molecule has 5 heteroatoms. The lowest BCUT2D eigenvalue weighted by atomic mass is 9.92. The number of nitrogens with zero attached hydrogens (tertiary/aromatic N) is 3. The van der Waals surface area contributed by atoms with Gasteiger partial charge in [0.15, 0.2) is 0 Å². The number of likely N-dealkylation sites (tertiary alicyclic amines) is 1. The minimum absolute atomic E-state index is 0.206. The summed E-state index contributed by atoms with van der Waals surface area (Å²) in [5, 5.41) is 11.6. The number of aryl methyl sites for hydroxylation is 1. The van der Waals surface area contributed by atoms with Crippen molar-refractivity contribution in [1.29, 1.82) is 0 Å². The van der Waals surface area contributed by atoms with E-state index in [-0.39, 0.29) is 5.92 Å². The summed E-state index contributed by atoms with van der Waals surface area (Å²) in [6, 6.07) is 4.31. The Morgan fingerprint density at radius 3 is 2.64 bits per heavy atom. The molecule has 1 amide bonds. The van der Waals surface area contributed by atoms with Crippen molar-refractivity contribution in [2.24, 2.45) is 5.92 Å². The van der Waals surface area contributed by atoms with Gasteiger partial charge in [-0.1, -0.05) is 12.2 Å². The van der Waals surface area contributed by atoms with Gasteiger partial charge in [0, 0.05) is 25.0 Å². The van der Waals surface area contributed by atoms with Crippen LogP contribution in [0.3, 0.4) is 0 Å². The number of carbonyl (C=O) groups is 1. The number of anilines is 1. The number of piperidine rings is 1. The highest BCUT2D eigenvalue weighted by atomic mass is 16.2. The fourth-order valence-corrected chi connectivity index (χ4v) is 3.21. The van der Waals surface area contributed by atoms with Crippen LogP contribution >= 0.6 is 0 Å². The highest BCUT2D eigenvalue weighted by Gasteiger charge is 2.28. The Balaban J connectivity index is 1.48. The third-order valence-corrected chi connectivity index (χ3v) is 4.57. The average Bonchev–Trinajstić information content (AvgIpc) is 2.58. The first kappa shape index (κ1) is 15.0. The number of carbonyl (C=O) groups excluding carboxylic acids is 1. The van der Waals surface area contributed by atoms with E-state index in [0.717, 1.165) is 56.7 Å². The molecule has 2 heterocycles. The van der Waals surface area contributed by atoms with Gasteiger partial charge in [0.05, 0.1) is 5.69 Å². The van der Waals surface area contributed by atoms with E-state index in [9.17, 15) is 4.79 Å². The molecule has 1 atom stereocenters. The average molecular weight is 300 g/mol. The molecule has 1 fully saturated rings. The van der Waals surface area contributed by atoms with Crippen molar-refractivity contribution in [2.75, 3.05) is 18.4 Å². The number of aromatic nitrogens is 2. The van der Waals surface area contributed by atoms with Crippen molar-refractivity contribution in [3.63, 3.8) is 0 Å². The minimum atomic E-state index is 0.206. The van der Waals surface area contributed by atoms with Gasteiger partial charge in [0.25, 0.3) is 0 Å². The van der Waals surface area contributed by atoms with Gasteiger partial charge >= 0.3 is 0 Å². The van der Waals surface area contributed by atoms with Crippen LogP contribution in [0.4, 0.5) is 5.82 Å². The van der Waals surface area contributed by atoms with E-state index in [1.165, 1.54) is 0 Å². The normalized spacial score (nSPS) is 22.6. The van der Waals surface area contributed by atoms with Crippen LogP contribution in [0.25, 0.3) is 0 Å². The van der Waals surface area contributed by atoms with Crippen molar-refractivity contribution >= 4 is 11.7 Å². The maximum atomic E-state index is 12.5. The second-order valence-corrected chi connectivity index (χ2v) is 6.29. The van der Waals surface area contributed by atoms with Gasteiger partial charge in [0.2, 0.25) is 5.91 Å². The van der Waals surface area contributed by atoms with Crippen molar-refractivity contribution in [3.05, 3.63) is 30.0 Å². The Morgan fingerprint density at radius 1 is 1.18 bits per heavy atom. The van der Waals surface area contributed by atoms with Gasteiger partial charge in [-0.3, -0.25) is 4.79 Å². The molecule has 1 N–H and O–H groups in total. The zero-order valence-electron chi connectivity index (χ0n) is 13.2. The molecule has 0 spiro atoms. The number of allylic oxidation sites excluding steroid dienone is 2. The summed E-state index contributed by atoms with van der Waals surface area (Å²) < 4.78 is 0. The van der Waals surface area contributed by atoms with Gasteiger partial charge in [-0.2, -0.15) is 5.10 Å². The summed E-state index contributed by atoms with van der Waals surface area (Å²) in [5.41, 5.74) is 0.924. The number of nitrogens with one attached hydrogen (secondary N) is 1. The summed E-state index contributed by atoms with van der Waals surface area (Å²) in [6.07, 6.45) is 9.25. The van der Waals surface area contributed by atoms with E-state index in [0.29, 0.717) is 11.9 Å². The van der Waals surface area contributed by atoms with Crippen LogP contribution in [0.5, 0.6) is 0 Å². The lowest BCUT2D eigenvalue weighted by Gasteiger charge is -2.35. The summed E-state index contributed by atoms with van der Waals surface area (Å²) in [5.74, 6) is 1.38. The molecule has 2 aliphatic rings. The van der Waals surface area contributed by atoms with E-state index in [4.69, 9.17) is 0 Å². The zero-order valence-corrected chi connectivity index (χ0v) is 13.2. The van der Waals surface area contributed by atoms with Crippen LogP contribution in [0.15, 0.2) is 24.3 Å². The van der Waals surface area contributed by atoms with Crippen molar-refractivity contribution in [2.45, 2.75) is 45.1 Å². The Kier molecular flexibility index (Phi) is 4.71. The second-order valence-electron chi connectivity index (χ2n) is 6.29. The molecule has 1 unspecified atom stereocenters. The van der Waals surface area contributed by atoms with Gasteiger partial charge < -0.3 is 10.2 Å². The monoisotopic (exact) mass is 300 g/mol. The smallest absolute Gasteiger partial charge is 0.226 e. The van der Waals surface area contributed by atoms with Crippen molar-refractivity contribution in [3.8, 4) is 0 Å². The summed E-state index contributed by atoms with van der Waals surface area (Å²) in [7, 11) is 0. The van der Waals surface area contributed by atoms with Crippen LogP contribution in [0.2, 0.25) is 0 Å². The largest absolute Gasteiger partial charge is 0.366 e. The molecule has 0 saturated carbocycles. The number of hydrogen-bond donors (Lipinski definition) is 1. The number of amides is 1. The molecule has 118 valence electrons. The predicted octanol–water partition coefficient (Wildman–Crippen LogP) is 2.54. The molecule has 1 aromatic heterocycles. The summed E-state index contributed by atoms with van der Waals surface area (Å²) in [4.78, 5) is 14.5. The SMILES string of the molecule is Cc1ccc(NC2CCN(C(=O)C3CC=CCC3)CC2)nn1. The quantitative estimate of drug-likeness (QED) is 0.872. The van der Waals surface area contributed by atoms with Crippen LogP contribution < -0.4 is 5.32 Å². The maximum absolute atomic E-state index is 12.5. The molecule has 0 aromatic carbocycles. The first-order chi connectivity index (χ1) is 10.7. The predicted molar refractivity (Wildman–Crippen MR) is 86.5 cm³/mol. The van der Waals surface area contributed by atoms with E-state index in [1.54, 1.807) is 0 Å². The van der Waals surface area contributed by atoms with Crippen LogP contribution in [-0.4, -0.2) is 40.1 Å². The molecule has 1 aromatic rings. The van der Waals surface area contributed by atoms with Gasteiger partial charge in [-0.15, -0.1) is 5.10 Å². The Labute approximate surface area is 131 Å². The molecule has 22 heavy (non-hydrogen) atoms. The molecule has 1 aliphatic heterocycles. The topological polar surface area (TPSA) is 58.1 Å². The second kappa shape index (κ2) is 6.90. The Bertz CT molecular complexity index is 532. The molecule has 0 radical (unpaired) electrons. The van der Waals surface area contributed by atoms with Gasteiger partial charge in [0.1, 0.15) is 5.82 Å². The highest BCUT2D eigenvalue weighted by Crippen LogP contribution is 2.23. The molecular formula is C17H24N4O. The molecule has 1 aliphatic carbocycles. The van der Waals surface area contributed by atoms with Gasteiger partial charge in [-0.25, -0.2) is 0 Å². The number of hydrogen-bond acceptors (Lipinski definition) is 4. The fraction of sp³-hybridized carbons (Fsp3) is 0.588. The first-order valence-electron chi connectivity index (χ1n) is 8.23. The van der Waals surface area contributed by atoms with E-state index in [1.807, 2.05) is 24.0 Å². The number of rotatable bonds is 3. The van der Waals surface area contributed by atoms with Crippen LogP contribution in [0, 0.1) is 12.8 Å². The minimum Gasteiger partial charge on any atom is -0.366 e. The third-order valence-electron chi connectivity index (χ3n) is 4.57. The first-order valence-corrected chi connectivity index (χ1v) is 8.23. The van der Waals surface area contributed by atoms with Gasteiger partial charge in [-0.05, 0) is 51.2 Å². The van der Waals surface area contributed by atoms with Crippen molar-refractivity contribution in [1.82, 2.24) is 15.1 Å². The lowest BCUT2D eigenvalue weighted by molar-refractivity contribution is -0.136. The molecular weight excluding hydrogens is 276 g/mol. The maximum Gasteiger partial charge on any atom is 0.226 e. The van der Waals surface area contributed by atoms with Crippen LogP contribution in [0.1, 0.15) is 37.8 Å².